The third-order valence-corrected chi connectivity index (χ3v) is 15.2. The van der Waals surface area contributed by atoms with E-state index in [-0.39, 0.29) is 16.7 Å². The Balaban J connectivity index is 0.988. The highest BCUT2D eigenvalue weighted by atomic mass is 15.2. The van der Waals surface area contributed by atoms with E-state index in [0.29, 0.717) is 0 Å². The first-order chi connectivity index (χ1) is 27.6. The zero-order valence-corrected chi connectivity index (χ0v) is 32.1. The van der Waals surface area contributed by atoms with Crippen LogP contribution in [0.1, 0.15) is 61.6 Å². The first-order valence-electron chi connectivity index (χ1n) is 21.1. The van der Waals surface area contributed by atoms with Crippen molar-refractivity contribution in [2.24, 2.45) is 29.1 Å². The predicted octanol–water partition coefficient (Wildman–Crippen LogP) is 14.1. The molecule has 2 unspecified atom stereocenters. The van der Waals surface area contributed by atoms with E-state index >= 15 is 0 Å². The van der Waals surface area contributed by atoms with Crippen molar-refractivity contribution in [3.05, 3.63) is 204 Å². The fourth-order valence-electron chi connectivity index (χ4n) is 13.0. The minimum atomic E-state index is -0.196. The van der Waals surface area contributed by atoms with Gasteiger partial charge in [-0.1, -0.05) is 153 Å². The lowest BCUT2D eigenvalue weighted by atomic mass is 9.43. The van der Waals surface area contributed by atoms with Crippen LogP contribution in [-0.2, 0) is 5.41 Å². The second-order valence-corrected chi connectivity index (χ2v) is 17.9. The molecule has 0 heterocycles. The van der Waals surface area contributed by atoms with Crippen LogP contribution in [0.4, 0.5) is 11.4 Å². The van der Waals surface area contributed by atoms with E-state index in [9.17, 15) is 0 Å². The Hall–Kier alpha value is -5.66. The molecule has 56 heavy (non-hydrogen) atoms. The molecule has 0 aliphatic heterocycles. The van der Waals surface area contributed by atoms with E-state index < -0.39 is 0 Å². The Labute approximate surface area is 331 Å². The Kier molecular flexibility index (Phi) is 7.08. The van der Waals surface area contributed by atoms with Crippen molar-refractivity contribution in [1.82, 2.24) is 0 Å². The number of fused-ring (bicyclic) bond motifs is 5. The Morgan fingerprint density at radius 1 is 0.571 bits per heavy atom. The van der Waals surface area contributed by atoms with Gasteiger partial charge in [0.25, 0.3) is 0 Å². The van der Waals surface area contributed by atoms with Crippen LogP contribution < -0.4 is 4.90 Å². The summed E-state index contributed by atoms with van der Waals surface area (Å²) < 4.78 is 0. The molecule has 0 N–H and O–H groups in total. The molecular formula is C55H47N. The molecule has 7 aliphatic rings. The highest BCUT2D eigenvalue weighted by Crippen LogP contribution is 2.69. The second-order valence-electron chi connectivity index (χ2n) is 17.9. The lowest BCUT2D eigenvalue weighted by Gasteiger charge is -2.61. The standard InChI is InChI=1S/C55H47N/c1-54-29-10-9-19-50(54)53(28-27-48(54)40-13-3-2-4-14-40)56(52-20-11-15-39-12-5-6-16-45(39)52)44-24-21-38(22-25-44)41-23-26-47-46-17-7-8-18-49(46)55(51(47)35-41)42-31-36-30-37(33-42)34-43(55)32-36/h2-29,35-37,42-43,48H,30-34H2,1H3. The van der Waals surface area contributed by atoms with Crippen LogP contribution >= 0.6 is 0 Å². The molecule has 272 valence electrons. The van der Waals surface area contributed by atoms with E-state index in [1.165, 1.54) is 93.3 Å². The van der Waals surface area contributed by atoms with E-state index in [4.69, 9.17) is 0 Å². The monoisotopic (exact) mass is 721 g/mol. The molecule has 4 bridgehead atoms. The van der Waals surface area contributed by atoms with Crippen LogP contribution in [-0.4, -0.2) is 0 Å². The van der Waals surface area contributed by atoms with Crippen LogP contribution in [0.25, 0.3) is 33.0 Å². The van der Waals surface area contributed by atoms with Crippen LogP contribution in [0.3, 0.4) is 0 Å². The molecule has 1 nitrogen and oxygen atoms in total. The molecule has 4 saturated carbocycles. The molecule has 0 radical (unpaired) electrons. The van der Waals surface area contributed by atoms with Gasteiger partial charge in [-0.25, -0.2) is 0 Å². The van der Waals surface area contributed by atoms with Crippen molar-refractivity contribution >= 4 is 22.1 Å². The van der Waals surface area contributed by atoms with Crippen molar-refractivity contribution in [2.75, 3.05) is 4.90 Å². The van der Waals surface area contributed by atoms with Gasteiger partial charge in [0.05, 0.1) is 5.69 Å². The summed E-state index contributed by atoms with van der Waals surface area (Å²) in [6, 6.07) is 53.0. The number of anilines is 2. The van der Waals surface area contributed by atoms with E-state index in [2.05, 4.69) is 188 Å². The van der Waals surface area contributed by atoms with E-state index in [1.54, 1.807) is 11.1 Å². The van der Waals surface area contributed by atoms with Crippen molar-refractivity contribution < 1.29 is 0 Å². The zero-order chi connectivity index (χ0) is 37.0. The Morgan fingerprint density at radius 2 is 1.27 bits per heavy atom. The maximum Gasteiger partial charge on any atom is 0.0540 e. The predicted molar refractivity (Wildman–Crippen MR) is 233 cm³/mol. The van der Waals surface area contributed by atoms with Crippen LogP contribution in [0.2, 0.25) is 0 Å². The van der Waals surface area contributed by atoms with E-state index in [0.717, 1.165) is 23.7 Å². The SMILES string of the molecule is CC12C=CC=CC1=C(N(c1ccc(-c3ccc4c(c3)C3(c5ccccc5-4)C4CC5CC(C4)CC3C5)cc1)c1cccc3ccccc13)C=CC2c1ccccc1. The van der Waals surface area contributed by atoms with Gasteiger partial charge in [0.15, 0.2) is 0 Å². The topological polar surface area (TPSA) is 3.24 Å². The summed E-state index contributed by atoms with van der Waals surface area (Å²) in [5.74, 6) is 3.65. The minimum Gasteiger partial charge on any atom is -0.310 e. The van der Waals surface area contributed by atoms with E-state index in [1.807, 2.05) is 0 Å². The fraction of sp³-hybridized carbons (Fsp3) is 0.236. The third kappa shape index (κ3) is 4.55. The number of hydrogen-bond donors (Lipinski definition) is 0. The maximum absolute atomic E-state index is 2.62. The van der Waals surface area contributed by atoms with Crippen LogP contribution in [0.15, 0.2) is 187 Å². The number of allylic oxidation sites excluding steroid dienone is 7. The van der Waals surface area contributed by atoms with Crippen molar-refractivity contribution in [1.29, 1.82) is 0 Å². The average molecular weight is 722 g/mol. The number of benzene rings is 6. The first kappa shape index (κ1) is 32.6. The van der Waals surface area contributed by atoms with Crippen LogP contribution in [0.5, 0.6) is 0 Å². The molecule has 1 spiro atoms. The molecular weight excluding hydrogens is 675 g/mol. The summed E-state index contributed by atoms with van der Waals surface area (Å²) in [7, 11) is 0. The minimum absolute atomic E-state index is 0.174. The molecule has 6 aromatic rings. The van der Waals surface area contributed by atoms with Gasteiger partial charge in [0, 0.05) is 33.5 Å². The third-order valence-electron chi connectivity index (χ3n) is 15.2. The summed E-state index contributed by atoms with van der Waals surface area (Å²) in [6.45, 7) is 2.41. The van der Waals surface area contributed by atoms with Crippen molar-refractivity contribution in [2.45, 2.75) is 50.4 Å². The van der Waals surface area contributed by atoms with Gasteiger partial charge in [-0.2, -0.15) is 0 Å². The number of rotatable bonds is 5. The number of hydrogen-bond acceptors (Lipinski definition) is 1. The molecule has 4 fully saturated rings. The molecule has 13 rings (SSSR count). The summed E-state index contributed by atoms with van der Waals surface area (Å²) in [4.78, 5) is 2.52. The molecule has 6 aromatic carbocycles. The van der Waals surface area contributed by atoms with Gasteiger partial charge in [-0.15, -0.1) is 0 Å². The van der Waals surface area contributed by atoms with Crippen LogP contribution in [0, 0.1) is 29.1 Å². The highest BCUT2D eigenvalue weighted by Gasteiger charge is 2.61. The molecule has 0 aromatic heterocycles. The zero-order valence-electron chi connectivity index (χ0n) is 32.1. The fourth-order valence-corrected chi connectivity index (χ4v) is 13.0. The van der Waals surface area contributed by atoms with Crippen molar-refractivity contribution in [3.63, 3.8) is 0 Å². The van der Waals surface area contributed by atoms with Gasteiger partial charge < -0.3 is 4.90 Å². The summed E-state index contributed by atoms with van der Waals surface area (Å²) in [6.07, 6.45) is 21.1. The quantitative estimate of drug-likeness (QED) is 0.171. The molecule has 2 atom stereocenters. The molecule has 0 amide bonds. The normalized spacial score (nSPS) is 28.8. The first-order valence-corrected chi connectivity index (χ1v) is 21.1. The largest absolute Gasteiger partial charge is 0.310 e. The smallest absolute Gasteiger partial charge is 0.0540 e. The number of nitrogens with zero attached hydrogens (tertiary/aromatic N) is 1. The Bertz CT molecular complexity index is 2640. The van der Waals surface area contributed by atoms with Gasteiger partial charge in [-0.3, -0.25) is 0 Å². The lowest BCUT2D eigenvalue weighted by molar-refractivity contribution is -0.0399. The van der Waals surface area contributed by atoms with Gasteiger partial charge in [0.1, 0.15) is 0 Å². The highest BCUT2D eigenvalue weighted by molar-refractivity contribution is 5.98. The second kappa shape index (κ2) is 12.2. The molecule has 1 heteroatoms. The van der Waals surface area contributed by atoms with Gasteiger partial charge in [0.2, 0.25) is 0 Å². The van der Waals surface area contributed by atoms with Gasteiger partial charge in [-0.05, 0) is 136 Å². The summed E-state index contributed by atoms with van der Waals surface area (Å²) in [5, 5.41) is 2.50. The Morgan fingerprint density at radius 3 is 2.09 bits per heavy atom. The lowest BCUT2D eigenvalue weighted by Crippen LogP contribution is -2.55. The summed E-state index contributed by atoms with van der Waals surface area (Å²) >= 11 is 0. The maximum atomic E-state index is 2.62. The molecule has 0 saturated heterocycles. The van der Waals surface area contributed by atoms with Gasteiger partial charge >= 0.3 is 0 Å². The van der Waals surface area contributed by atoms with Crippen molar-refractivity contribution in [3.8, 4) is 22.3 Å². The molecule has 7 aliphatic carbocycles. The summed E-state index contributed by atoms with van der Waals surface area (Å²) in [5.41, 5.74) is 15.1. The average Bonchev–Trinajstić information content (AvgIpc) is 3.53.